The fourth-order valence-corrected chi connectivity index (χ4v) is 1.24. The molecule has 13 heavy (non-hydrogen) atoms. The SMILES string of the molecule is NCCC[C@H](N)c1cccnc1N. The Balaban J connectivity index is 2.65. The molecule has 6 N–H and O–H groups in total. The van der Waals surface area contributed by atoms with E-state index in [4.69, 9.17) is 17.2 Å². The Morgan fingerprint density at radius 3 is 2.85 bits per heavy atom. The first-order valence-electron chi connectivity index (χ1n) is 4.41. The van der Waals surface area contributed by atoms with E-state index in [1.807, 2.05) is 12.1 Å². The molecule has 1 atom stereocenters. The van der Waals surface area contributed by atoms with Gasteiger partial charge in [-0.05, 0) is 25.5 Å². The minimum Gasteiger partial charge on any atom is -0.383 e. The molecule has 0 aliphatic heterocycles. The highest BCUT2D eigenvalue weighted by Gasteiger charge is 2.08. The van der Waals surface area contributed by atoms with Crippen LogP contribution in [0.1, 0.15) is 24.4 Å². The molecule has 4 nitrogen and oxygen atoms in total. The number of aromatic nitrogens is 1. The van der Waals surface area contributed by atoms with Gasteiger partial charge in [0.2, 0.25) is 0 Å². The normalized spacial score (nSPS) is 12.8. The van der Waals surface area contributed by atoms with Gasteiger partial charge in [-0.3, -0.25) is 0 Å². The van der Waals surface area contributed by atoms with Gasteiger partial charge in [-0.2, -0.15) is 0 Å². The second kappa shape index (κ2) is 4.79. The van der Waals surface area contributed by atoms with Crippen molar-refractivity contribution in [3.05, 3.63) is 23.9 Å². The van der Waals surface area contributed by atoms with Crippen molar-refractivity contribution in [3.8, 4) is 0 Å². The molecule has 1 rings (SSSR count). The minimum atomic E-state index is -0.0442. The van der Waals surface area contributed by atoms with Crippen LogP contribution in [0.3, 0.4) is 0 Å². The fourth-order valence-electron chi connectivity index (χ4n) is 1.24. The van der Waals surface area contributed by atoms with Gasteiger partial charge in [0.05, 0.1) is 0 Å². The average molecular weight is 180 g/mol. The van der Waals surface area contributed by atoms with Crippen molar-refractivity contribution in [1.29, 1.82) is 0 Å². The van der Waals surface area contributed by atoms with E-state index < -0.39 is 0 Å². The van der Waals surface area contributed by atoms with Crippen LogP contribution >= 0.6 is 0 Å². The summed E-state index contributed by atoms with van der Waals surface area (Å²) in [6, 6.07) is 3.70. The van der Waals surface area contributed by atoms with Crippen molar-refractivity contribution < 1.29 is 0 Å². The zero-order valence-corrected chi connectivity index (χ0v) is 7.61. The lowest BCUT2D eigenvalue weighted by molar-refractivity contribution is 0.618. The lowest BCUT2D eigenvalue weighted by atomic mass is 10.0. The van der Waals surface area contributed by atoms with Gasteiger partial charge in [0.1, 0.15) is 5.82 Å². The Labute approximate surface area is 78.1 Å². The van der Waals surface area contributed by atoms with Gasteiger partial charge in [0.25, 0.3) is 0 Å². The second-order valence-electron chi connectivity index (χ2n) is 3.02. The predicted octanol–water partition coefficient (Wildman–Crippen LogP) is 0.403. The first kappa shape index (κ1) is 9.95. The van der Waals surface area contributed by atoms with Crippen LogP contribution in [0.15, 0.2) is 18.3 Å². The van der Waals surface area contributed by atoms with E-state index in [1.165, 1.54) is 0 Å². The Bertz CT molecular complexity index is 262. The van der Waals surface area contributed by atoms with Crippen LogP contribution in [0.2, 0.25) is 0 Å². The van der Waals surface area contributed by atoms with Crippen LogP contribution in [0.25, 0.3) is 0 Å². The molecule has 72 valence electrons. The Hall–Kier alpha value is -1.13. The van der Waals surface area contributed by atoms with E-state index in [1.54, 1.807) is 6.20 Å². The van der Waals surface area contributed by atoms with Crippen molar-refractivity contribution in [3.63, 3.8) is 0 Å². The molecule has 1 heterocycles. The monoisotopic (exact) mass is 180 g/mol. The van der Waals surface area contributed by atoms with Crippen LogP contribution in [0.5, 0.6) is 0 Å². The molecule has 0 amide bonds. The van der Waals surface area contributed by atoms with E-state index in [0.717, 1.165) is 18.4 Å². The highest BCUT2D eigenvalue weighted by atomic mass is 14.8. The maximum Gasteiger partial charge on any atom is 0.128 e. The van der Waals surface area contributed by atoms with Crippen molar-refractivity contribution in [2.75, 3.05) is 12.3 Å². The van der Waals surface area contributed by atoms with Crippen LogP contribution in [0, 0.1) is 0 Å². The van der Waals surface area contributed by atoms with Gasteiger partial charge in [-0.1, -0.05) is 6.07 Å². The number of nitrogens with zero attached hydrogens (tertiary/aromatic N) is 1. The number of nitrogen functional groups attached to an aromatic ring is 1. The molecule has 0 spiro atoms. The van der Waals surface area contributed by atoms with E-state index in [2.05, 4.69) is 4.98 Å². The van der Waals surface area contributed by atoms with Crippen LogP contribution < -0.4 is 17.2 Å². The third kappa shape index (κ3) is 2.68. The molecule has 0 fully saturated rings. The number of hydrogen-bond donors (Lipinski definition) is 3. The van der Waals surface area contributed by atoms with Gasteiger partial charge in [0.15, 0.2) is 0 Å². The Morgan fingerprint density at radius 1 is 1.46 bits per heavy atom. The molecule has 0 bridgehead atoms. The summed E-state index contributed by atoms with van der Waals surface area (Å²) < 4.78 is 0. The van der Waals surface area contributed by atoms with E-state index in [-0.39, 0.29) is 6.04 Å². The molecule has 0 aliphatic carbocycles. The van der Waals surface area contributed by atoms with Gasteiger partial charge in [-0.25, -0.2) is 4.98 Å². The molecule has 0 saturated heterocycles. The number of rotatable bonds is 4. The molecule has 1 aromatic rings. The van der Waals surface area contributed by atoms with Crippen LogP contribution in [-0.2, 0) is 0 Å². The number of anilines is 1. The first-order valence-corrected chi connectivity index (χ1v) is 4.41. The molecule has 0 saturated carbocycles. The maximum absolute atomic E-state index is 5.91. The van der Waals surface area contributed by atoms with Gasteiger partial charge in [0, 0.05) is 17.8 Å². The summed E-state index contributed by atoms with van der Waals surface area (Å²) in [4.78, 5) is 3.97. The van der Waals surface area contributed by atoms with Crippen LogP contribution in [-0.4, -0.2) is 11.5 Å². The summed E-state index contributed by atoms with van der Waals surface area (Å²) in [5.74, 6) is 0.520. The topological polar surface area (TPSA) is 91.0 Å². The highest BCUT2D eigenvalue weighted by Crippen LogP contribution is 2.19. The van der Waals surface area contributed by atoms with Crippen molar-refractivity contribution >= 4 is 5.82 Å². The van der Waals surface area contributed by atoms with E-state index in [0.29, 0.717) is 12.4 Å². The molecule has 0 aliphatic rings. The number of nitrogens with two attached hydrogens (primary N) is 3. The predicted molar refractivity (Wildman–Crippen MR) is 53.9 cm³/mol. The summed E-state index contributed by atoms with van der Waals surface area (Å²) >= 11 is 0. The van der Waals surface area contributed by atoms with E-state index in [9.17, 15) is 0 Å². The fraction of sp³-hybridized carbons (Fsp3) is 0.444. The second-order valence-corrected chi connectivity index (χ2v) is 3.02. The molecule has 4 heteroatoms. The average Bonchev–Trinajstić information content (AvgIpc) is 2.15. The van der Waals surface area contributed by atoms with Crippen LogP contribution in [0.4, 0.5) is 5.82 Å². The summed E-state index contributed by atoms with van der Waals surface area (Å²) in [6.07, 6.45) is 3.43. The lowest BCUT2D eigenvalue weighted by Gasteiger charge is -2.12. The standard InChI is InChI=1S/C9H16N4/c10-5-1-4-8(11)7-3-2-6-13-9(7)12/h2-3,6,8H,1,4-5,10-11H2,(H2,12,13)/t8-/m0/s1. The highest BCUT2D eigenvalue weighted by molar-refractivity contribution is 5.40. The lowest BCUT2D eigenvalue weighted by Crippen LogP contribution is -2.14. The Morgan fingerprint density at radius 2 is 2.23 bits per heavy atom. The van der Waals surface area contributed by atoms with Gasteiger partial charge >= 0.3 is 0 Å². The molecule has 0 radical (unpaired) electrons. The molecule has 0 unspecified atom stereocenters. The van der Waals surface area contributed by atoms with Crippen molar-refractivity contribution in [2.24, 2.45) is 11.5 Å². The number of hydrogen-bond acceptors (Lipinski definition) is 4. The zero-order chi connectivity index (χ0) is 9.68. The first-order chi connectivity index (χ1) is 6.25. The van der Waals surface area contributed by atoms with Gasteiger partial charge < -0.3 is 17.2 Å². The van der Waals surface area contributed by atoms with Crippen molar-refractivity contribution in [1.82, 2.24) is 4.98 Å². The molecular weight excluding hydrogens is 164 g/mol. The number of pyridine rings is 1. The molecule has 1 aromatic heterocycles. The quantitative estimate of drug-likeness (QED) is 0.625. The minimum absolute atomic E-state index is 0.0442. The summed E-state index contributed by atoms with van der Waals surface area (Å²) in [7, 11) is 0. The smallest absolute Gasteiger partial charge is 0.128 e. The Kier molecular flexibility index (Phi) is 3.67. The van der Waals surface area contributed by atoms with Crippen molar-refractivity contribution in [2.45, 2.75) is 18.9 Å². The third-order valence-corrected chi connectivity index (χ3v) is 1.99. The largest absolute Gasteiger partial charge is 0.383 e. The molecular formula is C9H16N4. The summed E-state index contributed by atoms with van der Waals surface area (Å²) in [5.41, 5.74) is 17.9. The third-order valence-electron chi connectivity index (χ3n) is 1.99. The van der Waals surface area contributed by atoms with E-state index >= 15 is 0 Å². The summed E-state index contributed by atoms with van der Waals surface area (Å²) in [6.45, 7) is 0.661. The maximum atomic E-state index is 5.91. The molecule has 0 aromatic carbocycles. The van der Waals surface area contributed by atoms with Gasteiger partial charge in [-0.15, -0.1) is 0 Å². The zero-order valence-electron chi connectivity index (χ0n) is 7.61. The summed E-state index contributed by atoms with van der Waals surface area (Å²) in [5, 5.41) is 0.